The Morgan fingerprint density at radius 1 is 1.32 bits per heavy atom. The number of unbranched alkanes of at least 4 members (excludes halogenated alkanes) is 1. The Morgan fingerprint density at radius 3 is 2.75 bits per heavy atom. The van der Waals surface area contributed by atoms with E-state index in [1.807, 2.05) is 13.8 Å². The number of amides is 1. The Bertz CT molecular complexity index is 887. The lowest BCUT2D eigenvalue weighted by Crippen LogP contribution is -2.34. The van der Waals surface area contributed by atoms with Crippen molar-refractivity contribution in [3.8, 4) is 0 Å². The summed E-state index contributed by atoms with van der Waals surface area (Å²) in [6.45, 7) is 8.03. The molecule has 0 unspecified atom stereocenters. The Hall–Kier alpha value is -2.22. The third-order valence-electron chi connectivity index (χ3n) is 4.95. The quantitative estimate of drug-likeness (QED) is 0.612. The van der Waals surface area contributed by atoms with E-state index in [0.717, 1.165) is 36.1 Å². The maximum atomic E-state index is 12.6. The molecule has 2 rings (SSSR count). The van der Waals surface area contributed by atoms with E-state index >= 15 is 0 Å². The summed E-state index contributed by atoms with van der Waals surface area (Å²) in [6, 6.07) is 0. The lowest BCUT2D eigenvalue weighted by Gasteiger charge is -2.15. The Balaban J connectivity index is 1.86. The molecule has 1 atom stereocenters. The third-order valence-corrected chi connectivity index (χ3v) is 6.07. The number of aryl methyl sites for hydroxylation is 2. The first kappa shape index (κ1) is 22.1. The van der Waals surface area contributed by atoms with Crippen LogP contribution in [-0.4, -0.2) is 34.6 Å². The molecule has 1 N–H and O–H groups in total. The van der Waals surface area contributed by atoms with E-state index in [4.69, 9.17) is 4.74 Å². The standard InChI is InChI=1S/C20H29N3O4S/c1-5-7-8-15(6-2)9-21-16(24)11-27-17(25)10-23-12-22-19-18(20(23)26)13(3)14(4)28-19/h12,15H,5-11H2,1-4H3,(H,21,24)/t15-/m1/s1. The molecule has 0 spiro atoms. The van der Waals surface area contributed by atoms with E-state index < -0.39 is 5.97 Å². The average Bonchev–Trinajstić information content (AvgIpc) is 2.97. The zero-order valence-electron chi connectivity index (χ0n) is 17.0. The largest absolute Gasteiger partial charge is 0.454 e. The summed E-state index contributed by atoms with van der Waals surface area (Å²) >= 11 is 1.46. The van der Waals surface area contributed by atoms with Crippen LogP contribution in [0.5, 0.6) is 0 Å². The molecule has 1 amide bonds. The van der Waals surface area contributed by atoms with Crippen LogP contribution in [0.15, 0.2) is 11.1 Å². The van der Waals surface area contributed by atoms with Gasteiger partial charge in [0.15, 0.2) is 6.61 Å². The number of hydrogen-bond donors (Lipinski definition) is 1. The van der Waals surface area contributed by atoms with E-state index in [1.165, 1.54) is 22.2 Å². The molecule has 2 heterocycles. The fourth-order valence-corrected chi connectivity index (χ4v) is 3.95. The van der Waals surface area contributed by atoms with E-state index in [1.54, 1.807) is 0 Å². The van der Waals surface area contributed by atoms with Crippen LogP contribution in [0.1, 0.15) is 50.0 Å². The summed E-state index contributed by atoms with van der Waals surface area (Å²) in [5.41, 5.74) is 0.614. The number of nitrogens with one attached hydrogen (secondary N) is 1. The van der Waals surface area contributed by atoms with Crippen molar-refractivity contribution in [2.75, 3.05) is 13.2 Å². The van der Waals surface area contributed by atoms with Gasteiger partial charge in [0.2, 0.25) is 0 Å². The molecule has 0 fully saturated rings. The highest BCUT2D eigenvalue weighted by Gasteiger charge is 2.15. The number of carbonyl (C=O) groups is 2. The molecule has 154 valence electrons. The fourth-order valence-electron chi connectivity index (χ4n) is 2.97. The molecule has 0 aliphatic rings. The van der Waals surface area contributed by atoms with Crippen molar-refractivity contribution in [1.29, 1.82) is 0 Å². The van der Waals surface area contributed by atoms with E-state index in [9.17, 15) is 14.4 Å². The predicted molar refractivity (Wildman–Crippen MR) is 111 cm³/mol. The van der Waals surface area contributed by atoms with Crippen LogP contribution in [0.2, 0.25) is 0 Å². The van der Waals surface area contributed by atoms with Gasteiger partial charge >= 0.3 is 5.97 Å². The summed E-state index contributed by atoms with van der Waals surface area (Å²) in [5.74, 6) is -0.525. The maximum absolute atomic E-state index is 12.6. The second-order valence-corrected chi connectivity index (χ2v) is 8.23. The zero-order chi connectivity index (χ0) is 20.7. The molecule has 2 aromatic rings. The molecular formula is C20H29N3O4S. The first-order valence-corrected chi connectivity index (χ1v) is 10.6. The van der Waals surface area contributed by atoms with Gasteiger partial charge in [-0.1, -0.05) is 33.1 Å². The zero-order valence-corrected chi connectivity index (χ0v) is 17.9. The molecule has 0 saturated heterocycles. The minimum atomic E-state index is -0.638. The number of ether oxygens (including phenoxy) is 1. The van der Waals surface area contributed by atoms with Crippen LogP contribution in [0.25, 0.3) is 10.2 Å². The summed E-state index contributed by atoms with van der Waals surface area (Å²) in [6.07, 6.45) is 5.69. The van der Waals surface area contributed by atoms with Crippen LogP contribution in [0.4, 0.5) is 0 Å². The molecular weight excluding hydrogens is 378 g/mol. The molecule has 0 saturated carbocycles. The molecule has 0 aliphatic carbocycles. The highest BCUT2D eigenvalue weighted by atomic mass is 32.1. The van der Waals surface area contributed by atoms with E-state index in [2.05, 4.69) is 24.1 Å². The topological polar surface area (TPSA) is 90.3 Å². The molecule has 0 radical (unpaired) electrons. The summed E-state index contributed by atoms with van der Waals surface area (Å²) in [5, 5.41) is 3.35. The van der Waals surface area contributed by atoms with Crippen molar-refractivity contribution in [3.63, 3.8) is 0 Å². The summed E-state index contributed by atoms with van der Waals surface area (Å²) in [7, 11) is 0. The van der Waals surface area contributed by atoms with Gasteiger partial charge in [0.05, 0.1) is 11.7 Å². The van der Waals surface area contributed by atoms with Gasteiger partial charge in [0, 0.05) is 11.4 Å². The van der Waals surface area contributed by atoms with Crippen molar-refractivity contribution < 1.29 is 14.3 Å². The normalized spacial score (nSPS) is 12.1. The van der Waals surface area contributed by atoms with Gasteiger partial charge in [-0.15, -0.1) is 11.3 Å². The van der Waals surface area contributed by atoms with Crippen molar-refractivity contribution in [3.05, 3.63) is 27.1 Å². The number of hydrogen-bond acceptors (Lipinski definition) is 6. The van der Waals surface area contributed by atoms with Gasteiger partial charge in [-0.25, -0.2) is 4.98 Å². The van der Waals surface area contributed by atoms with Crippen LogP contribution in [0.3, 0.4) is 0 Å². The molecule has 0 bridgehead atoms. The number of nitrogens with zero attached hydrogens (tertiary/aromatic N) is 2. The number of carbonyl (C=O) groups excluding carboxylic acids is 2. The molecule has 28 heavy (non-hydrogen) atoms. The average molecular weight is 408 g/mol. The second-order valence-electron chi connectivity index (χ2n) is 7.02. The molecule has 2 aromatic heterocycles. The van der Waals surface area contributed by atoms with Gasteiger partial charge in [-0.2, -0.15) is 0 Å². The lowest BCUT2D eigenvalue weighted by atomic mass is 9.99. The number of thiophene rings is 1. The maximum Gasteiger partial charge on any atom is 0.326 e. The van der Waals surface area contributed by atoms with Crippen LogP contribution < -0.4 is 10.9 Å². The van der Waals surface area contributed by atoms with E-state index in [0.29, 0.717) is 22.7 Å². The summed E-state index contributed by atoms with van der Waals surface area (Å²) in [4.78, 5) is 42.5. The smallest absolute Gasteiger partial charge is 0.326 e. The number of aromatic nitrogens is 2. The second kappa shape index (κ2) is 10.4. The Morgan fingerprint density at radius 2 is 2.07 bits per heavy atom. The minimum absolute atomic E-state index is 0.266. The number of esters is 1. The molecule has 8 heteroatoms. The van der Waals surface area contributed by atoms with Crippen molar-refractivity contribution >= 4 is 33.4 Å². The highest BCUT2D eigenvalue weighted by Crippen LogP contribution is 2.25. The Kier molecular flexibility index (Phi) is 8.17. The monoisotopic (exact) mass is 407 g/mol. The van der Waals surface area contributed by atoms with Crippen LogP contribution in [0, 0.1) is 19.8 Å². The first-order valence-electron chi connectivity index (χ1n) is 9.74. The molecule has 0 aliphatic heterocycles. The van der Waals surface area contributed by atoms with Gasteiger partial charge in [0.1, 0.15) is 11.4 Å². The number of fused-ring (bicyclic) bond motifs is 1. The first-order chi connectivity index (χ1) is 13.4. The molecule has 7 nitrogen and oxygen atoms in total. The van der Waals surface area contributed by atoms with Gasteiger partial charge < -0.3 is 10.1 Å². The van der Waals surface area contributed by atoms with Crippen molar-refractivity contribution in [2.45, 2.75) is 59.9 Å². The van der Waals surface area contributed by atoms with E-state index in [-0.39, 0.29) is 24.6 Å². The number of rotatable bonds is 10. The molecule has 0 aromatic carbocycles. The lowest BCUT2D eigenvalue weighted by molar-refractivity contribution is -0.149. The SMILES string of the molecule is CCCC[C@@H](CC)CNC(=O)COC(=O)Cn1cnc2sc(C)c(C)c2c1=O. The summed E-state index contributed by atoms with van der Waals surface area (Å²) < 4.78 is 6.24. The highest BCUT2D eigenvalue weighted by molar-refractivity contribution is 7.18. The predicted octanol–water partition coefficient (Wildman–Crippen LogP) is 2.95. The third kappa shape index (κ3) is 5.64. The van der Waals surface area contributed by atoms with Crippen molar-refractivity contribution in [2.24, 2.45) is 5.92 Å². The van der Waals surface area contributed by atoms with Crippen LogP contribution >= 0.6 is 11.3 Å². The van der Waals surface area contributed by atoms with Gasteiger partial charge in [-0.05, 0) is 31.7 Å². The van der Waals surface area contributed by atoms with Gasteiger partial charge in [0.25, 0.3) is 11.5 Å². The van der Waals surface area contributed by atoms with Gasteiger partial charge in [-0.3, -0.25) is 19.0 Å². The van der Waals surface area contributed by atoms with Crippen LogP contribution in [-0.2, 0) is 20.9 Å². The van der Waals surface area contributed by atoms with Crippen molar-refractivity contribution in [1.82, 2.24) is 14.9 Å². The Labute approximate surface area is 169 Å². The fraction of sp³-hybridized carbons (Fsp3) is 0.600. The minimum Gasteiger partial charge on any atom is -0.454 e.